The van der Waals surface area contributed by atoms with Crippen LogP contribution in [0, 0.1) is 6.92 Å². The number of hydrogen-bond donors (Lipinski definition) is 1. The Balaban J connectivity index is 2.13. The predicted octanol–water partition coefficient (Wildman–Crippen LogP) is 3.28. The van der Waals surface area contributed by atoms with E-state index < -0.39 is 0 Å². The molecule has 0 amide bonds. The number of nitrogens with one attached hydrogen (secondary N) is 1. The second-order valence-corrected chi connectivity index (χ2v) is 4.98. The highest BCUT2D eigenvalue weighted by atomic mass is 16.5. The zero-order valence-corrected chi connectivity index (χ0v) is 12.0. The molecule has 0 bridgehead atoms. The van der Waals surface area contributed by atoms with Crippen LogP contribution in [0.5, 0.6) is 11.5 Å². The summed E-state index contributed by atoms with van der Waals surface area (Å²) < 4.78 is 7.76. The van der Waals surface area contributed by atoms with E-state index in [0.29, 0.717) is 6.04 Å². The van der Waals surface area contributed by atoms with Crippen LogP contribution < -0.4 is 10.1 Å². The Labute approximate surface area is 114 Å². The van der Waals surface area contributed by atoms with Crippen LogP contribution in [-0.4, -0.2) is 16.8 Å². The van der Waals surface area contributed by atoms with Crippen molar-refractivity contribution in [1.29, 1.82) is 0 Å². The van der Waals surface area contributed by atoms with Crippen molar-refractivity contribution in [2.24, 2.45) is 0 Å². The van der Waals surface area contributed by atoms with Gasteiger partial charge in [0.25, 0.3) is 0 Å². The molecule has 0 unspecified atom stereocenters. The molecule has 0 saturated heterocycles. The number of aromatic nitrogens is 2. The lowest BCUT2D eigenvalue weighted by Gasteiger charge is -2.09. The summed E-state index contributed by atoms with van der Waals surface area (Å²) in [7, 11) is 1.94. The fourth-order valence-electron chi connectivity index (χ4n) is 1.92. The van der Waals surface area contributed by atoms with Gasteiger partial charge < -0.3 is 10.1 Å². The first kappa shape index (κ1) is 13.6. The number of ether oxygens (including phenoxy) is 1. The van der Waals surface area contributed by atoms with Crippen molar-refractivity contribution in [3.63, 3.8) is 0 Å². The van der Waals surface area contributed by atoms with E-state index in [4.69, 9.17) is 4.74 Å². The molecule has 0 fully saturated rings. The molecule has 1 aromatic carbocycles. The topological polar surface area (TPSA) is 39.1 Å². The van der Waals surface area contributed by atoms with Crippen molar-refractivity contribution in [3.8, 4) is 11.5 Å². The lowest BCUT2D eigenvalue weighted by Crippen LogP contribution is -2.05. The van der Waals surface area contributed by atoms with E-state index in [2.05, 4.69) is 43.3 Å². The minimum atomic E-state index is 0.344. The second-order valence-electron chi connectivity index (χ2n) is 4.98. The van der Waals surface area contributed by atoms with Crippen LogP contribution in [0.1, 0.15) is 31.0 Å². The Hall–Kier alpha value is -1.81. The molecule has 1 aromatic heterocycles. The van der Waals surface area contributed by atoms with Crippen molar-refractivity contribution >= 4 is 0 Å². The molecule has 1 N–H and O–H groups in total. The molecule has 0 spiro atoms. The summed E-state index contributed by atoms with van der Waals surface area (Å²) in [6, 6.07) is 6.57. The summed E-state index contributed by atoms with van der Waals surface area (Å²) in [5.41, 5.74) is 2.38. The van der Waals surface area contributed by atoms with E-state index >= 15 is 0 Å². The molecule has 19 heavy (non-hydrogen) atoms. The summed E-state index contributed by atoms with van der Waals surface area (Å²) in [5, 5.41) is 7.41. The minimum absolute atomic E-state index is 0.344. The molecule has 102 valence electrons. The molecule has 2 rings (SSSR count). The van der Waals surface area contributed by atoms with E-state index in [0.717, 1.165) is 23.6 Å². The van der Waals surface area contributed by atoms with Gasteiger partial charge in [-0.2, -0.15) is 5.10 Å². The van der Waals surface area contributed by atoms with Crippen LogP contribution in [0.3, 0.4) is 0 Å². The smallest absolute Gasteiger partial charge is 0.165 e. The van der Waals surface area contributed by atoms with Crippen LogP contribution in [0.25, 0.3) is 0 Å². The summed E-state index contributed by atoms with van der Waals surface area (Å²) in [6.07, 6.45) is 3.67. The summed E-state index contributed by atoms with van der Waals surface area (Å²) in [5.74, 6) is 1.65. The van der Waals surface area contributed by atoms with Gasteiger partial charge >= 0.3 is 0 Å². The monoisotopic (exact) mass is 259 g/mol. The summed E-state index contributed by atoms with van der Waals surface area (Å²) >= 11 is 0. The van der Waals surface area contributed by atoms with E-state index in [-0.39, 0.29) is 0 Å². The lowest BCUT2D eigenvalue weighted by atomic mass is 10.1. The Morgan fingerprint density at radius 1 is 1.37 bits per heavy atom. The van der Waals surface area contributed by atoms with Gasteiger partial charge in [-0.15, -0.1) is 0 Å². The molecule has 0 atom stereocenters. The maximum Gasteiger partial charge on any atom is 0.165 e. The first-order chi connectivity index (χ1) is 9.10. The number of aryl methyl sites for hydroxylation is 1. The van der Waals surface area contributed by atoms with Gasteiger partial charge in [0.2, 0.25) is 0 Å². The highest BCUT2D eigenvalue weighted by Gasteiger charge is 2.06. The highest BCUT2D eigenvalue weighted by Crippen LogP contribution is 2.26. The number of rotatable bonds is 5. The van der Waals surface area contributed by atoms with Crippen molar-refractivity contribution in [2.75, 3.05) is 7.05 Å². The third-order valence-electron chi connectivity index (χ3n) is 2.95. The number of benzene rings is 1. The maximum atomic E-state index is 5.87. The normalized spacial score (nSPS) is 11.0. The van der Waals surface area contributed by atoms with Gasteiger partial charge in [0.15, 0.2) is 5.75 Å². The zero-order valence-electron chi connectivity index (χ0n) is 12.0. The second kappa shape index (κ2) is 5.89. The van der Waals surface area contributed by atoms with Gasteiger partial charge in [-0.05, 0) is 45.0 Å². The van der Waals surface area contributed by atoms with Crippen LogP contribution in [0.15, 0.2) is 30.6 Å². The fraction of sp³-hybridized carbons (Fsp3) is 0.400. The van der Waals surface area contributed by atoms with Crippen LogP contribution >= 0.6 is 0 Å². The molecule has 0 radical (unpaired) electrons. The molecule has 0 aliphatic carbocycles. The van der Waals surface area contributed by atoms with Crippen LogP contribution in [-0.2, 0) is 6.54 Å². The van der Waals surface area contributed by atoms with Crippen molar-refractivity contribution < 1.29 is 4.74 Å². The van der Waals surface area contributed by atoms with Crippen molar-refractivity contribution in [2.45, 2.75) is 33.4 Å². The predicted molar refractivity (Wildman–Crippen MR) is 76.6 cm³/mol. The average molecular weight is 259 g/mol. The fourth-order valence-corrected chi connectivity index (χ4v) is 1.92. The van der Waals surface area contributed by atoms with Gasteiger partial charge in [0, 0.05) is 12.6 Å². The summed E-state index contributed by atoms with van der Waals surface area (Å²) in [4.78, 5) is 0. The quantitative estimate of drug-likeness (QED) is 0.895. The number of hydrogen-bond acceptors (Lipinski definition) is 3. The molecule has 0 saturated carbocycles. The largest absolute Gasteiger partial charge is 0.454 e. The minimum Gasteiger partial charge on any atom is -0.454 e. The third-order valence-corrected chi connectivity index (χ3v) is 2.95. The standard InChI is InChI=1S/C15H21N3O/c1-11(2)18-10-14(9-17-18)19-15-6-5-13(8-16-4)7-12(15)3/h5-7,9-11,16H,8H2,1-4H3. The van der Waals surface area contributed by atoms with E-state index in [1.165, 1.54) is 5.56 Å². The van der Waals surface area contributed by atoms with E-state index in [9.17, 15) is 0 Å². The first-order valence-electron chi connectivity index (χ1n) is 6.56. The van der Waals surface area contributed by atoms with Gasteiger partial charge in [-0.1, -0.05) is 12.1 Å². The maximum absolute atomic E-state index is 5.87. The Kier molecular flexibility index (Phi) is 4.22. The van der Waals surface area contributed by atoms with Crippen LogP contribution in [0.2, 0.25) is 0 Å². The Morgan fingerprint density at radius 3 is 2.74 bits per heavy atom. The molecule has 0 aliphatic heterocycles. The average Bonchev–Trinajstić information content (AvgIpc) is 2.82. The molecule has 0 aliphatic rings. The molecule has 2 aromatic rings. The first-order valence-corrected chi connectivity index (χ1v) is 6.56. The van der Waals surface area contributed by atoms with E-state index in [1.54, 1.807) is 6.20 Å². The molecule has 1 heterocycles. The third kappa shape index (κ3) is 3.35. The van der Waals surface area contributed by atoms with Crippen LogP contribution in [0.4, 0.5) is 0 Å². The van der Waals surface area contributed by atoms with Crippen molar-refractivity contribution in [3.05, 3.63) is 41.7 Å². The highest BCUT2D eigenvalue weighted by molar-refractivity contribution is 5.38. The van der Waals surface area contributed by atoms with Gasteiger partial charge in [-0.25, -0.2) is 0 Å². The van der Waals surface area contributed by atoms with Gasteiger partial charge in [0.05, 0.1) is 12.4 Å². The Morgan fingerprint density at radius 2 is 2.16 bits per heavy atom. The molecular formula is C15H21N3O. The lowest BCUT2D eigenvalue weighted by molar-refractivity contribution is 0.473. The Bertz CT molecular complexity index is 546. The number of nitrogens with zero attached hydrogens (tertiary/aromatic N) is 2. The molecular weight excluding hydrogens is 238 g/mol. The SMILES string of the molecule is CNCc1ccc(Oc2cnn(C(C)C)c2)c(C)c1. The summed E-state index contributed by atoms with van der Waals surface area (Å²) in [6.45, 7) is 7.11. The van der Waals surface area contributed by atoms with Gasteiger partial charge in [0.1, 0.15) is 5.75 Å². The molecule has 4 heteroatoms. The molecule has 4 nitrogen and oxygen atoms in total. The van der Waals surface area contributed by atoms with Gasteiger partial charge in [-0.3, -0.25) is 4.68 Å². The van der Waals surface area contributed by atoms with Crippen molar-refractivity contribution in [1.82, 2.24) is 15.1 Å². The zero-order chi connectivity index (χ0) is 13.8. The van der Waals surface area contributed by atoms with E-state index in [1.807, 2.05) is 24.0 Å².